The lowest BCUT2D eigenvalue weighted by molar-refractivity contribution is -0.115. The second-order valence-electron chi connectivity index (χ2n) is 4.69. The molecule has 8 heteroatoms. The third-order valence-electron chi connectivity index (χ3n) is 2.97. The van der Waals surface area contributed by atoms with Crippen LogP contribution in [0.1, 0.15) is 4.88 Å². The zero-order chi connectivity index (χ0) is 16.2. The van der Waals surface area contributed by atoms with Crippen LogP contribution in [-0.4, -0.2) is 20.7 Å². The Hall–Kier alpha value is -1.64. The number of para-hydroxylation sites is 1. The molecule has 1 aromatic carbocycles. The molecule has 0 atom stereocenters. The van der Waals surface area contributed by atoms with Crippen LogP contribution in [0.2, 0.25) is 0 Å². The zero-order valence-electron chi connectivity index (χ0n) is 12.2. The molecule has 3 aromatic rings. The van der Waals surface area contributed by atoms with Crippen molar-refractivity contribution in [2.24, 2.45) is 7.05 Å². The Morgan fingerprint density at radius 3 is 2.87 bits per heavy atom. The van der Waals surface area contributed by atoms with E-state index in [4.69, 9.17) is 0 Å². The van der Waals surface area contributed by atoms with Gasteiger partial charge in [0.05, 0.1) is 12.1 Å². The van der Waals surface area contributed by atoms with E-state index < -0.39 is 0 Å². The van der Waals surface area contributed by atoms with Crippen LogP contribution in [0, 0.1) is 0 Å². The van der Waals surface area contributed by atoms with Crippen LogP contribution in [0.25, 0.3) is 0 Å². The number of benzene rings is 1. The Morgan fingerprint density at radius 2 is 2.17 bits per heavy atom. The van der Waals surface area contributed by atoms with Crippen molar-refractivity contribution in [3.63, 3.8) is 0 Å². The minimum Gasteiger partial charge on any atom is -0.325 e. The summed E-state index contributed by atoms with van der Waals surface area (Å²) >= 11 is 6.30. The van der Waals surface area contributed by atoms with E-state index in [0.717, 1.165) is 20.6 Å². The molecule has 0 spiro atoms. The van der Waals surface area contributed by atoms with Crippen LogP contribution in [0.15, 0.2) is 56.6 Å². The van der Waals surface area contributed by atoms with Crippen molar-refractivity contribution >= 4 is 50.6 Å². The summed E-state index contributed by atoms with van der Waals surface area (Å²) in [4.78, 5) is 18.5. The highest BCUT2D eigenvalue weighted by Gasteiger charge is 2.12. The summed E-state index contributed by atoms with van der Waals surface area (Å²) in [6.07, 6.45) is 0.381. The van der Waals surface area contributed by atoms with Crippen molar-refractivity contribution in [1.82, 2.24) is 14.8 Å². The molecule has 0 fully saturated rings. The molecule has 0 unspecified atom stereocenters. The Balaban J connectivity index is 1.75. The van der Waals surface area contributed by atoms with Crippen LogP contribution in [0.5, 0.6) is 0 Å². The molecule has 0 aliphatic carbocycles. The number of thiophene rings is 1. The minimum absolute atomic E-state index is 0.0281. The highest BCUT2D eigenvalue weighted by molar-refractivity contribution is 9.10. The Morgan fingerprint density at radius 1 is 1.35 bits per heavy atom. The number of aromatic nitrogens is 3. The summed E-state index contributed by atoms with van der Waals surface area (Å²) in [6, 6.07) is 11.6. The first kappa shape index (κ1) is 16.2. The van der Waals surface area contributed by atoms with E-state index in [1.807, 2.05) is 48.8 Å². The Kier molecular flexibility index (Phi) is 5.14. The SMILES string of the molecule is Cn1nc(Br)nc1Sc1ccccc1NC(=O)Cc1cccs1. The van der Waals surface area contributed by atoms with Crippen molar-refractivity contribution in [3.8, 4) is 0 Å². The first-order chi connectivity index (χ1) is 11.1. The summed E-state index contributed by atoms with van der Waals surface area (Å²) in [7, 11) is 1.83. The van der Waals surface area contributed by atoms with E-state index in [0.29, 0.717) is 11.2 Å². The van der Waals surface area contributed by atoms with Gasteiger partial charge in [0.2, 0.25) is 10.6 Å². The van der Waals surface area contributed by atoms with Crippen molar-refractivity contribution < 1.29 is 4.79 Å². The number of carbonyl (C=O) groups excluding carboxylic acids is 1. The lowest BCUT2D eigenvalue weighted by atomic mass is 10.3. The lowest BCUT2D eigenvalue weighted by Crippen LogP contribution is -2.14. The molecule has 0 bridgehead atoms. The van der Waals surface area contributed by atoms with E-state index in [-0.39, 0.29) is 5.91 Å². The van der Waals surface area contributed by atoms with Crippen LogP contribution in [-0.2, 0) is 18.3 Å². The minimum atomic E-state index is -0.0281. The second-order valence-corrected chi connectivity index (χ2v) is 7.44. The first-order valence-electron chi connectivity index (χ1n) is 6.77. The fraction of sp³-hybridized carbons (Fsp3) is 0.133. The predicted molar refractivity (Wildman–Crippen MR) is 95.9 cm³/mol. The van der Waals surface area contributed by atoms with Gasteiger partial charge in [-0.1, -0.05) is 18.2 Å². The molecule has 118 valence electrons. The maximum atomic E-state index is 12.2. The summed E-state index contributed by atoms with van der Waals surface area (Å²) < 4.78 is 2.24. The van der Waals surface area contributed by atoms with E-state index in [2.05, 4.69) is 31.3 Å². The van der Waals surface area contributed by atoms with Gasteiger partial charge in [0.1, 0.15) is 0 Å². The largest absolute Gasteiger partial charge is 0.325 e. The van der Waals surface area contributed by atoms with Crippen LogP contribution < -0.4 is 5.32 Å². The van der Waals surface area contributed by atoms with E-state index in [9.17, 15) is 4.79 Å². The monoisotopic (exact) mass is 408 g/mol. The van der Waals surface area contributed by atoms with Crippen LogP contribution >= 0.6 is 39.0 Å². The van der Waals surface area contributed by atoms with E-state index in [1.165, 1.54) is 11.8 Å². The molecule has 0 saturated carbocycles. The number of hydrogen-bond donors (Lipinski definition) is 1. The lowest BCUT2D eigenvalue weighted by Gasteiger charge is -2.09. The molecule has 0 aliphatic rings. The van der Waals surface area contributed by atoms with Gasteiger partial charge < -0.3 is 5.32 Å². The molecule has 0 saturated heterocycles. The van der Waals surface area contributed by atoms with Gasteiger partial charge in [-0.15, -0.1) is 16.4 Å². The predicted octanol–water partition coefficient (Wildman–Crippen LogP) is 3.97. The summed E-state index contributed by atoms with van der Waals surface area (Å²) in [6.45, 7) is 0. The number of aryl methyl sites for hydroxylation is 1. The molecular weight excluding hydrogens is 396 g/mol. The number of amides is 1. The van der Waals surface area contributed by atoms with Gasteiger partial charge in [0.15, 0.2) is 5.16 Å². The molecular formula is C15H13BrN4OS2. The van der Waals surface area contributed by atoms with Gasteiger partial charge in [0, 0.05) is 16.8 Å². The number of nitrogens with one attached hydrogen (secondary N) is 1. The van der Waals surface area contributed by atoms with Crippen LogP contribution in [0.4, 0.5) is 5.69 Å². The van der Waals surface area contributed by atoms with Gasteiger partial charge in [0.25, 0.3) is 0 Å². The van der Waals surface area contributed by atoms with Gasteiger partial charge in [-0.2, -0.15) is 4.98 Å². The zero-order valence-corrected chi connectivity index (χ0v) is 15.4. The third kappa shape index (κ3) is 4.21. The molecule has 2 aromatic heterocycles. The second kappa shape index (κ2) is 7.29. The summed E-state index contributed by atoms with van der Waals surface area (Å²) in [5, 5.41) is 9.85. The molecule has 23 heavy (non-hydrogen) atoms. The molecule has 1 N–H and O–H groups in total. The quantitative estimate of drug-likeness (QED) is 0.693. The molecule has 3 rings (SSSR count). The average molecular weight is 409 g/mol. The fourth-order valence-electron chi connectivity index (χ4n) is 1.95. The van der Waals surface area contributed by atoms with Gasteiger partial charge in [-0.3, -0.25) is 4.79 Å². The molecule has 0 aliphatic heterocycles. The fourth-order valence-corrected chi connectivity index (χ4v) is 4.06. The van der Waals surface area contributed by atoms with E-state index >= 15 is 0 Å². The molecule has 0 radical (unpaired) electrons. The number of anilines is 1. The van der Waals surface area contributed by atoms with Gasteiger partial charge >= 0.3 is 0 Å². The third-order valence-corrected chi connectivity index (χ3v) is 5.30. The van der Waals surface area contributed by atoms with Gasteiger partial charge in [-0.05, 0) is 51.3 Å². The Labute approximate surface area is 150 Å². The van der Waals surface area contributed by atoms with Crippen molar-refractivity contribution in [1.29, 1.82) is 0 Å². The van der Waals surface area contributed by atoms with Crippen molar-refractivity contribution in [2.75, 3.05) is 5.32 Å². The number of hydrogen-bond acceptors (Lipinski definition) is 5. The summed E-state index contributed by atoms with van der Waals surface area (Å²) in [5.41, 5.74) is 0.776. The normalized spacial score (nSPS) is 10.7. The highest BCUT2D eigenvalue weighted by Crippen LogP contribution is 2.32. The summed E-state index contributed by atoms with van der Waals surface area (Å²) in [5.74, 6) is -0.0281. The highest BCUT2D eigenvalue weighted by atomic mass is 79.9. The topological polar surface area (TPSA) is 59.8 Å². The Bertz CT molecular complexity index is 817. The smallest absolute Gasteiger partial charge is 0.229 e. The molecule has 2 heterocycles. The van der Waals surface area contributed by atoms with Crippen LogP contribution in [0.3, 0.4) is 0 Å². The number of halogens is 1. The molecule has 1 amide bonds. The maximum Gasteiger partial charge on any atom is 0.229 e. The van der Waals surface area contributed by atoms with Crippen molar-refractivity contribution in [2.45, 2.75) is 16.5 Å². The number of nitrogens with zero attached hydrogens (tertiary/aromatic N) is 3. The molecule has 5 nitrogen and oxygen atoms in total. The number of rotatable bonds is 5. The maximum absolute atomic E-state index is 12.2. The average Bonchev–Trinajstić information content (AvgIpc) is 3.11. The van der Waals surface area contributed by atoms with Gasteiger partial charge in [-0.25, -0.2) is 4.68 Å². The van der Waals surface area contributed by atoms with Crippen molar-refractivity contribution in [3.05, 3.63) is 51.4 Å². The standard InChI is InChI=1S/C15H13BrN4OS2/c1-20-15(18-14(16)19-20)23-12-7-3-2-6-11(12)17-13(21)9-10-5-4-8-22-10/h2-8H,9H2,1H3,(H,17,21). The van der Waals surface area contributed by atoms with E-state index in [1.54, 1.807) is 16.0 Å². The first-order valence-corrected chi connectivity index (χ1v) is 9.26. The number of carbonyl (C=O) groups is 1.